The molecule has 0 aliphatic heterocycles. The summed E-state index contributed by atoms with van der Waals surface area (Å²) in [5.74, 6) is -0.738. The molecule has 1 heterocycles. The van der Waals surface area contributed by atoms with Gasteiger partial charge in [-0.1, -0.05) is 90.5 Å². The van der Waals surface area contributed by atoms with Crippen molar-refractivity contribution in [1.29, 1.82) is 0 Å². The number of nitrogens with zero attached hydrogens (tertiary/aromatic N) is 1. The highest BCUT2D eigenvalue weighted by atomic mass is 16.5. The fourth-order valence-electron chi connectivity index (χ4n) is 3.86. The molecule has 6 nitrogen and oxygen atoms in total. The summed E-state index contributed by atoms with van der Waals surface area (Å²) < 4.78 is 16.0. The fraction of sp³-hybridized carbons (Fsp3) is 0.750. The quantitative estimate of drug-likeness (QED) is 0.138. The number of esters is 2. The molecule has 0 saturated carbocycles. The largest absolute Gasteiger partial charge is 0.461 e. The lowest BCUT2D eigenvalue weighted by atomic mass is 9.99. The molecule has 1 aromatic heterocycles. The van der Waals surface area contributed by atoms with Gasteiger partial charge in [0, 0.05) is 13.7 Å². The maximum Gasteiger partial charge on any atom is 0.356 e. The van der Waals surface area contributed by atoms with E-state index >= 15 is 0 Å². The number of methoxy groups -OCH3 is 1. The zero-order valence-corrected chi connectivity index (χ0v) is 21.8. The number of carbonyl (C=O) groups is 2. The summed E-state index contributed by atoms with van der Waals surface area (Å²) in [5, 5.41) is 0. The molecular weight excluding hydrogens is 430 g/mol. The predicted octanol–water partition coefficient (Wildman–Crippen LogP) is 7.16. The van der Waals surface area contributed by atoms with Crippen molar-refractivity contribution in [2.75, 3.05) is 26.9 Å². The van der Waals surface area contributed by atoms with Crippen LogP contribution in [0, 0.1) is 5.92 Å². The first kappa shape index (κ1) is 30.1. The van der Waals surface area contributed by atoms with Gasteiger partial charge in [-0.25, -0.2) is 14.6 Å². The zero-order valence-electron chi connectivity index (χ0n) is 21.8. The molecular formula is C28H47NO5. The van der Waals surface area contributed by atoms with E-state index in [9.17, 15) is 9.59 Å². The van der Waals surface area contributed by atoms with Gasteiger partial charge < -0.3 is 14.2 Å². The molecule has 1 atom stereocenters. The Hall–Kier alpha value is -1.95. The molecule has 0 spiro atoms. The number of hydrogen-bond acceptors (Lipinski definition) is 6. The van der Waals surface area contributed by atoms with Crippen LogP contribution in [0.2, 0.25) is 0 Å². The lowest BCUT2D eigenvalue weighted by molar-refractivity contribution is 0.0392. The Morgan fingerprint density at radius 1 is 0.735 bits per heavy atom. The van der Waals surface area contributed by atoms with E-state index in [-0.39, 0.29) is 17.3 Å². The van der Waals surface area contributed by atoms with Crippen molar-refractivity contribution in [1.82, 2.24) is 4.98 Å². The third-order valence-electron chi connectivity index (χ3n) is 6.04. The van der Waals surface area contributed by atoms with Gasteiger partial charge >= 0.3 is 11.9 Å². The van der Waals surface area contributed by atoms with Crippen molar-refractivity contribution in [2.24, 2.45) is 5.92 Å². The predicted molar refractivity (Wildman–Crippen MR) is 136 cm³/mol. The number of ether oxygens (including phenoxy) is 3. The molecule has 1 rings (SSSR count). The van der Waals surface area contributed by atoms with Gasteiger partial charge in [-0.3, -0.25) is 0 Å². The van der Waals surface area contributed by atoms with Crippen molar-refractivity contribution in [3.05, 3.63) is 29.6 Å². The zero-order chi connectivity index (χ0) is 24.9. The Kier molecular flexibility index (Phi) is 18.1. The Bertz CT molecular complexity index is 664. The number of hydrogen-bond donors (Lipinski definition) is 0. The van der Waals surface area contributed by atoms with Crippen molar-refractivity contribution >= 4 is 11.9 Å². The van der Waals surface area contributed by atoms with Crippen LogP contribution in [0.3, 0.4) is 0 Å². The van der Waals surface area contributed by atoms with E-state index in [1.807, 2.05) is 0 Å². The van der Waals surface area contributed by atoms with Crippen LogP contribution < -0.4 is 0 Å². The van der Waals surface area contributed by atoms with E-state index < -0.39 is 11.9 Å². The number of rotatable bonds is 21. The second-order valence-electron chi connectivity index (χ2n) is 9.11. The van der Waals surface area contributed by atoms with Gasteiger partial charge in [-0.15, -0.1) is 0 Å². The second kappa shape index (κ2) is 20.4. The molecule has 0 N–H and O–H groups in total. The van der Waals surface area contributed by atoms with Crippen LogP contribution >= 0.6 is 0 Å². The van der Waals surface area contributed by atoms with Gasteiger partial charge in [-0.05, 0) is 37.3 Å². The molecule has 194 valence electrons. The maximum atomic E-state index is 12.5. The van der Waals surface area contributed by atoms with Crippen LogP contribution in [0.1, 0.15) is 125 Å². The van der Waals surface area contributed by atoms with Crippen molar-refractivity contribution < 1.29 is 23.8 Å². The van der Waals surface area contributed by atoms with Crippen LogP contribution in [0.15, 0.2) is 18.2 Å². The smallest absolute Gasteiger partial charge is 0.356 e. The van der Waals surface area contributed by atoms with Gasteiger partial charge in [-0.2, -0.15) is 0 Å². The van der Waals surface area contributed by atoms with E-state index in [2.05, 4.69) is 18.8 Å². The summed E-state index contributed by atoms with van der Waals surface area (Å²) in [6.07, 6.45) is 16.2. The van der Waals surface area contributed by atoms with Crippen LogP contribution in [0.4, 0.5) is 0 Å². The van der Waals surface area contributed by atoms with Gasteiger partial charge in [0.25, 0.3) is 0 Å². The minimum atomic E-state index is -0.508. The standard InChI is InChI=1S/C28H47NO5/c1-4-6-8-9-10-11-12-13-15-21-33-27(30)25-18-16-19-26(29-25)28(31)34-23-24(20-22-32-3)17-14-7-5-2/h16,18-19,24H,4-15,17,20-23H2,1-3H3. The Morgan fingerprint density at radius 3 is 1.91 bits per heavy atom. The molecule has 0 bridgehead atoms. The number of aromatic nitrogens is 1. The Balaban J connectivity index is 2.36. The first-order valence-corrected chi connectivity index (χ1v) is 13.4. The molecule has 6 heteroatoms. The number of unbranched alkanes of at least 4 members (excludes halogenated alkanes) is 10. The van der Waals surface area contributed by atoms with Gasteiger partial charge in [0.1, 0.15) is 11.4 Å². The molecule has 1 aromatic rings. The Morgan fingerprint density at radius 2 is 1.29 bits per heavy atom. The summed E-state index contributed by atoms with van der Waals surface area (Å²) in [5.41, 5.74) is 0.279. The van der Waals surface area contributed by atoms with Crippen molar-refractivity contribution in [2.45, 2.75) is 104 Å². The van der Waals surface area contributed by atoms with Crippen LogP contribution in [0.5, 0.6) is 0 Å². The van der Waals surface area contributed by atoms with Crippen LogP contribution in [-0.2, 0) is 14.2 Å². The molecule has 0 aliphatic carbocycles. The van der Waals surface area contributed by atoms with E-state index in [1.54, 1.807) is 25.3 Å². The van der Waals surface area contributed by atoms with Gasteiger partial charge in [0.05, 0.1) is 13.2 Å². The summed E-state index contributed by atoms with van der Waals surface area (Å²) in [6, 6.07) is 4.78. The molecule has 0 aliphatic rings. The first-order valence-electron chi connectivity index (χ1n) is 13.4. The number of carbonyl (C=O) groups excluding carboxylic acids is 2. The van der Waals surface area contributed by atoms with Crippen molar-refractivity contribution in [3.63, 3.8) is 0 Å². The fourth-order valence-corrected chi connectivity index (χ4v) is 3.86. The van der Waals surface area contributed by atoms with Crippen LogP contribution in [0.25, 0.3) is 0 Å². The SMILES string of the molecule is CCCCCCCCCCCOC(=O)c1cccc(C(=O)OCC(CCCCC)CCOC)n1. The van der Waals surface area contributed by atoms with Crippen molar-refractivity contribution in [3.8, 4) is 0 Å². The molecule has 0 saturated heterocycles. The molecule has 34 heavy (non-hydrogen) atoms. The van der Waals surface area contributed by atoms with E-state index in [0.29, 0.717) is 19.8 Å². The summed E-state index contributed by atoms with van der Waals surface area (Å²) >= 11 is 0. The minimum absolute atomic E-state index is 0.136. The summed E-state index contributed by atoms with van der Waals surface area (Å²) in [7, 11) is 1.68. The maximum absolute atomic E-state index is 12.5. The molecule has 0 aromatic carbocycles. The highest BCUT2D eigenvalue weighted by Gasteiger charge is 2.17. The minimum Gasteiger partial charge on any atom is -0.461 e. The second-order valence-corrected chi connectivity index (χ2v) is 9.11. The number of pyridine rings is 1. The highest BCUT2D eigenvalue weighted by Crippen LogP contribution is 2.16. The molecule has 0 radical (unpaired) electrons. The highest BCUT2D eigenvalue weighted by molar-refractivity contribution is 5.91. The molecule has 0 amide bonds. The third-order valence-corrected chi connectivity index (χ3v) is 6.04. The summed E-state index contributed by atoms with van der Waals surface area (Å²) in [4.78, 5) is 29.0. The Labute approximate surface area is 207 Å². The molecule has 0 fully saturated rings. The van der Waals surface area contributed by atoms with E-state index in [0.717, 1.165) is 38.5 Å². The summed E-state index contributed by atoms with van der Waals surface area (Å²) in [6.45, 7) is 5.76. The first-order chi connectivity index (χ1) is 16.6. The third kappa shape index (κ3) is 14.3. The average molecular weight is 478 g/mol. The van der Waals surface area contributed by atoms with Crippen LogP contribution in [-0.4, -0.2) is 43.9 Å². The monoisotopic (exact) mass is 477 g/mol. The molecule has 1 unspecified atom stereocenters. The van der Waals surface area contributed by atoms with Gasteiger partial charge in [0.2, 0.25) is 0 Å². The lowest BCUT2D eigenvalue weighted by Crippen LogP contribution is -2.18. The average Bonchev–Trinajstić information content (AvgIpc) is 2.86. The van der Waals surface area contributed by atoms with E-state index in [1.165, 1.54) is 51.4 Å². The lowest BCUT2D eigenvalue weighted by Gasteiger charge is -2.16. The van der Waals surface area contributed by atoms with E-state index in [4.69, 9.17) is 14.2 Å². The van der Waals surface area contributed by atoms with Gasteiger partial charge in [0.15, 0.2) is 0 Å². The normalized spacial score (nSPS) is 11.9. The topological polar surface area (TPSA) is 74.7 Å².